The molecule has 0 radical (unpaired) electrons. The molecule has 1 unspecified atom stereocenters. The minimum atomic E-state index is -4.46. The number of halogens is 3. The van der Waals surface area contributed by atoms with Crippen molar-refractivity contribution in [3.05, 3.63) is 59.5 Å². The Morgan fingerprint density at radius 1 is 1.30 bits per heavy atom. The number of hydrogen-bond donors (Lipinski definition) is 2. The molecule has 0 saturated heterocycles. The highest BCUT2D eigenvalue weighted by molar-refractivity contribution is 6.04. The highest BCUT2D eigenvalue weighted by atomic mass is 19.4. The minimum absolute atomic E-state index is 0.0788. The average Bonchev–Trinajstić information content (AvgIpc) is 3.38. The van der Waals surface area contributed by atoms with Crippen molar-refractivity contribution in [1.29, 1.82) is 0 Å². The van der Waals surface area contributed by atoms with Crippen LogP contribution in [0, 0.1) is 0 Å². The fourth-order valence-corrected chi connectivity index (χ4v) is 3.57. The van der Waals surface area contributed by atoms with Gasteiger partial charge in [0.2, 0.25) is 0 Å². The predicted octanol–water partition coefficient (Wildman–Crippen LogP) is 4.55. The maximum absolute atomic E-state index is 13.6. The quantitative estimate of drug-likeness (QED) is 0.638. The second kappa shape index (κ2) is 7.89. The molecule has 30 heavy (non-hydrogen) atoms. The van der Waals surface area contributed by atoms with Crippen molar-refractivity contribution >= 4 is 11.7 Å². The molecule has 3 heterocycles. The molecular formula is C21H21F3N4O2. The van der Waals surface area contributed by atoms with Gasteiger partial charge in [-0.1, -0.05) is 31.2 Å². The number of rotatable bonds is 5. The number of anilines is 1. The summed E-state index contributed by atoms with van der Waals surface area (Å²) in [7, 11) is 0. The van der Waals surface area contributed by atoms with Gasteiger partial charge in [0.05, 0.1) is 12.8 Å². The number of aromatic nitrogens is 2. The first-order chi connectivity index (χ1) is 14.4. The standard InChI is InChI=1S/C21H21F3N4O2/c1-2-13-5-7-14(8-6-13)18-17(20(29)26-12-15-4-3-11-30-15)19-25-10-9-16(21(22,23)24)28(19)27-18/h3-8,11,16,25H,2,9-10,12H2,1H3,(H,26,29). The molecule has 1 amide bonds. The van der Waals surface area contributed by atoms with E-state index < -0.39 is 18.1 Å². The molecule has 158 valence electrons. The van der Waals surface area contributed by atoms with Crippen molar-refractivity contribution in [2.24, 2.45) is 0 Å². The third kappa shape index (κ3) is 3.79. The van der Waals surface area contributed by atoms with Gasteiger partial charge in [0, 0.05) is 12.1 Å². The lowest BCUT2D eigenvalue weighted by Gasteiger charge is -2.27. The number of nitrogens with one attached hydrogen (secondary N) is 2. The Labute approximate surface area is 171 Å². The maximum Gasteiger partial charge on any atom is 0.410 e. The number of nitrogens with zero attached hydrogens (tertiary/aromatic N) is 2. The first kappa shape index (κ1) is 20.1. The second-order valence-electron chi connectivity index (χ2n) is 7.10. The number of carbonyl (C=O) groups is 1. The molecule has 9 heteroatoms. The van der Waals surface area contributed by atoms with Gasteiger partial charge in [-0.05, 0) is 30.5 Å². The molecule has 1 aliphatic heterocycles. The Bertz CT molecular complexity index is 1020. The Balaban J connectivity index is 1.77. The zero-order valence-corrected chi connectivity index (χ0v) is 16.3. The maximum atomic E-state index is 13.6. The van der Waals surface area contributed by atoms with Crippen molar-refractivity contribution in [2.45, 2.75) is 38.5 Å². The van der Waals surface area contributed by atoms with E-state index in [9.17, 15) is 18.0 Å². The van der Waals surface area contributed by atoms with Crippen LogP contribution in [0.5, 0.6) is 0 Å². The van der Waals surface area contributed by atoms with Gasteiger partial charge in [-0.3, -0.25) is 4.79 Å². The van der Waals surface area contributed by atoms with Gasteiger partial charge >= 0.3 is 6.18 Å². The van der Waals surface area contributed by atoms with Crippen LogP contribution in [-0.2, 0) is 13.0 Å². The molecule has 2 N–H and O–H groups in total. The zero-order chi connectivity index (χ0) is 21.3. The molecule has 0 aliphatic carbocycles. The van der Waals surface area contributed by atoms with Crippen LogP contribution < -0.4 is 10.6 Å². The second-order valence-corrected chi connectivity index (χ2v) is 7.10. The Hall–Kier alpha value is -3.23. The summed E-state index contributed by atoms with van der Waals surface area (Å²) < 4.78 is 46.9. The van der Waals surface area contributed by atoms with Crippen LogP contribution in [0.2, 0.25) is 0 Å². The average molecular weight is 418 g/mol. The molecule has 3 aromatic rings. The predicted molar refractivity (Wildman–Crippen MR) is 105 cm³/mol. The zero-order valence-electron chi connectivity index (χ0n) is 16.3. The van der Waals surface area contributed by atoms with Crippen LogP contribution in [0.25, 0.3) is 11.3 Å². The highest BCUT2D eigenvalue weighted by Gasteiger charge is 2.45. The molecule has 0 saturated carbocycles. The normalized spacial score (nSPS) is 16.1. The van der Waals surface area contributed by atoms with E-state index in [0.29, 0.717) is 11.3 Å². The molecule has 4 rings (SSSR count). The van der Waals surface area contributed by atoms with E-state index in [1.807, 2.05) is 19.1 Å². The van der Waals surface area contributed by atoms with E-state index in [0.717, 1.165) is 16.7 Å². The number of aryl methyl sites for hydroxylation is 1. The minimum Gasteiger partial charge on any atom is -0.467 e. The summed E-state index contributed by atoms with van der Waals surface area (Å²) in [6.07, 6.45) is -2.30. The lowest BCUT2D eigenvalue weighted by molar-refractivity contribution is -0.171. The highest BCUT2D eigenvalue weighted by Crippen LogP contribution is 2.41. The molecule has 2 aromatic heterocycles. The van der Waals surface area contributed by atoms with Gasteiger partial charge in [-0.2, -0.15) is 18.3 Å². The first-order valence-electron chi connectivity index (χ1n) is 9.71. The monoisotopic (exact) mass is 418 g/mol. The van der Waals surface area contributed by atoms with E-state index in [4.69, 9.17) is 4.42 Å². The largest absolute Gasteiger partial charge is 0.467 e. The molecule has 1 atom stereocenters. The van der Waals surface area contributed by atoms with Crippen LogP contribution >= 0.6 is 0 Å². The van der Waals surface area contributed by atoms with E-state index in [2.05, 4.69) is 15.7 Å². The summed E-state index contributed by atoms with van der Waals surface area (Å²) in [4.78, 5) is 13.0. The smallest absolute Gasteiger partial charge is 0.410 e. The van der Waals surface area contributed by atoms with E-state index in [1.54, 1.807) is 24.3 Å². The van der Waals surface area contributed by atoms with Crippen molar-refractivity contribution in [3.8, 4) is 11.3 Å². The topological polar surface area (TPSA) is 72.1 Å². The molecule has 0 fully saturated rings. The molecule has 6 nitrogen and oxygen atoms in total. The number of carbonyl (C=O) groups excluding carboxylic acids is 1. The molecular weight excluding hydrogens is 397 g/mol. The summed E-state index contributed by atoms with van der Waals surface area (Å²) in [5, 5.41) is 9.89. The Kier molecular flexibility index (Phi) is 5.27. The van der Waals surface area contributed by atoms with Crippen molar-refractivity contribution in [1.82, 2.24) is 15.1 Å². The van der Waals surface area contributed by atoms with E-state index >= 15 is 0 Å². The number of hydrogen-bond acceptors (Lipinski definition) is 4. The number of benzene rings is 1. The number of fused-ring (bicyclic) bond motifs is 1. The fourth-order valence-electron chi connectivity index (χ4n) is 3.57. The van der Waals surface area contributed by atoms with Gasteiger partial charge in [-0.15, -0.1) is 0 Å². The van der Waals surface area contributed by atoms with Crippen molar-refractivity contribution in [2.75, 3.05) is 11.9 Å². The summed E-state index contributed by atoms with van der Waals surface area (Å²) in [6, 6.07) is 8.93. The van der Waals surface area contributed by atoms with Gasteiger partial charge in [0.25, 0.3) is 5.91 Å². The van der Waals surface area contributed by atoms with Gasteiger partial charge in [0.1, 0.15) is 22.8 Å². The van der Waals surface area contributed by atoms with Gasteiger partial charge < -0.3 is 15.1 Å². The Morgan fingerprint density at radius 2 is 2.07 bits per heavy atom. The van der Waals surface area contributed by atoms with E-state index in [1.165, 1.54) is 6.26 Å². The summed E-state index contributed by atoms with van der Waals surface area (Å²) in [6.45, 7) is 2.23. The molecule has 1 aromatic carbocycles. The van der Waals surface area contributed by atoms with Crippen LogP contribution in [0.1, 0.15) is 41.1 Å². The summed E-state index contributed by atoms with van der Waals surface area (Å²) >= 11 is 0. The van der Waals surface area contributed by atoms with Crippen LogP contribution in [0.15, 0.2) is 47.1 Å². The lowest BCUT2D eigenvalue weighted by atomic mass is 10.0. The summed E-state index contributed by atoms with van der Waals surface area (Å²) in [5.74, 6) is 0.104. The van der Waals surface area contributed by atoms with Crippen molar-refractivity contribution in [3.63, 3.8) is 0 Å². The fraction of sp³-hybridized carbons (Fsp3) is 0.333. The number of amides is 1. The number of furan rings is 1. The summed E-state index contributed by atoms with van der Waals surface area (Å²) in [5.41, 5.74) is 1.98. The third-order valence-electron chi connectivity index (χ3n) is 5.16. The van der Waals surface area contributed by atoms with Gasteiger partial charge in [-0.25, -0.2) is 4.68 Å². The Morgan fingerprint density at radius 3 is 2.70 bits per heavy atom. The first-order valence-corrected chi connectivity index (χ1v) is 9.71. The van der Waals surface area contributed by atoms with Crippen molar-refractivity contribution < 1.29 is 22.4 Å². The van der Waals surface area contributed by atoms with E-state index in [-0.39, 0.29) is 36.6 Å². The van der Waals surface area contributed by atoms with Crippen LogP contribution in [-0.4, -0.2) is 28.4 Å². The molecule has 0 bridgehead atoms. The lowest BCUT2D eigenvalue weighted by Crippen LogP contribution is -2.34. The van der Waals surface area contributed by atoms with Gasteiger partial charge in [0.15, 0.2) is 6.04 Å². The molecule has 1 aliphatic rings. The third-order valence-corrected chi connectivity index (χ3v) is 5.16. The van der Waals surface area contributed by atoms with Crippen LogP contribution in [0.3, 0.4) is 0 Å². The SMILES string of the molecule is CCc1ccc(-c2nn3c(c2C(=O)NCc2ccco2)NCCC3C(F)(F)F)cc1. The molecule has 0 spiro atoms. The van der Waals surface area contributed by atoms with Crippen LogP contribution in [0.4, 0.5) is 19.0 Å². The number of alkyl halides is 3.